The van der Waals surface area contributed by atoms with Gasteiger partial charge in [0.15, 0.2) is 0 Å². The van der Waals surface area contributed by atoms with Gasteiger partial charge in [-0.05, 0) is 43.7 Å². The minimum Gasteiger partial charge on any atom is -0.380 e. The normalized spacial score (nSPS) is 26.2. The van der Waals surface area contributed by atoms with Gasteiger partial charge in [-0.2, -0.15) is 0 Å². The molecule has 4 rings (SSSR count). The Morgan fingerprint density at radius 2 is 2.00 bits per heavy atom. The van der Waals surface area contributed by atoms with Gasteiger partial charge in [0.05, 0.1) is 13.2 Å². The standard InChI is InChI=1S/C17H22FNO/c18-16-3-1-2-13-6-9-19(10-15(13)16)14-4-7-17(8-5-14)11-20-12-17/h1-3,14H,4-12H2. The number of fused-ring (bicyclic) bond motifs is 1. The highest BCUT2D eigenvalue weighted by atomic mass is 19.1. The molecule has 20 heavy (non-hydrogen) atoms. The molecule has 0 amide bonds. The molecule has 0 unspecified atom stereocenters. The van der Waals surface area contributed by atoms with Crippen molar-refractivity contribution in [1.29, 1.82) is 0 Å². The summed E-state index contributed by atoms with van der Waals surface area (Å²) in [7, 11) is 0. The van der Waals surface area contributed by atoms with Crippen LogP contribution in [0.3, 0.4) is 0 Å². The first-order valence-electron chi connectivity index (χ1n) is 7.84. The van der Waals surface area contributed by atoms with Gasteiger partial charge in [-0.25, -0.2) is 4.39 Å². The minimum absolute atomic E-state index is 0.0214. The Hall–Kier alpha value is -0.930. The van der Waals surface area contributed by atoms with Crippen LogP contribution in [0.5, 0.6) is 0 Å². The van der Waals surface area contributed by atoms with E-state index in [1.165, 1.54) is 31.2 Å². The van der Waals surface area contributed by atoms with Crippen LogP contribution in [-0.2, 0) is 17.7 Å². The Kier molecular flexibility index (Phi) is 3.08. The maximum Gasteiger partial charge on any atom is 0.127 e. The predicted octanol–water partition coefficient (Wildman–Crippen LogP) is 3.14. The molecule has 0 radical (unpaired) electrons. The summed E-state index contributed by atoms with van der Waals surface area (Å²) in [6.07, 6.45) is 6.09. The van der Waals surface area contributed by atoms with E-state index in [4.69, 9.17) is 4.74 Å². The van der Waals surface area contributed by atoms with Crippen molar-refractivity contribution < 1.29 is 9.13 Å². The van der Waals surface area contributed by atoms with Crippen molar-refractivity contribution in [2.24, 2.45) is 5.41 Å². The number of ether oxygens (including phenoxy) is 1. The molecule has 108 valence electrons. The van der Waals surface area contributed by atoms with Gasteiger partial charge in [0.25, 0.3) is 0 Å². The lowest BCUT2D eigenvalue weighted by molar-refractivity contribution is -0.138. The largest absolute Gasteiger partial charge is 0.380 e. The van der Waals surface area contributed by atoms with Crippen molar-refractivity contribution in [3.8, 4) is 0 Å². The number of nitrogens with zero attached hydrogens (tertiary/aromatic N) is 1. The van der Waals surface area contributed by atoms with Crippen LogP contribution < -0.4 is 0 Å². The fourth-order valence-corrected chi connectivity index (χ4v) is 4.13. The van der Waals surface area contributed by atoms with Crippen LogP contribution >= 0.6 is 0 Å². The Morgan fingerprint density at radius 1 is 1.20 bits per heavy atom. The number of hydrogen-bond acceptors (Lipinski definition) is 2. The fraction of sp³-hybridized carbons (Fsp3) is 0.647. The van der Waals surface area contributed by atoms with Crippen molar-refractivity contribution in [2.45, 2.75) is 44.7 Å². The molecule has 1 saturated heterocycles. The zero-order chi connectivity index (χ0) is 13.6. The zero-order valence-corrected chi connectivity index (χ0v) is 11.9. The second kappa shape index (κ2) is 4.81. The summed E-state index contributed by atoms with van der Waals surface area (Å²) >= 11 is 0. The third-order valence-corrected chi connectivity index (χ3v) is 5.59. The molecular formula is C17H22FNO. The van der Waals surface area contributed by atoms with E-state index < -0.39 is 0 Å². The Bertz CT molecular complexity index is 502. The first kappa shape index (κ1) is 12.8. The molecule has 2 heterocycles. The lowest BCUT2D eigenvalue weighted by Crippen LogP contribution is -2.49. The lowest BCUT2D eigenvalue weighted by Gasteiger charge is -2.48. The van der Waals surface area contributed by atoms with Crippen LogP contribution in [0.15, 0.2) is 18.2 Å². The lowest BCUT2D eigenvalue weighted by atomic mass is 9.70. The number of benzene rings is 1. The van der Waals surface area contributed by atoms with Crippen LogP contribution in [-0.4, -0.2) is 30.7 Å². The molecule has 2 fully saturated rings. The Morgan fingerprint density at radius 3 is 2.70 bits per heavy atom. The summed E-state index contributed by atoms with van der Waals surface area (Å²) in [5.41, 5.74) is 2.65. The molecule has 1 saturated carbocycles. The number of rotatable bonds is 1. The summed E-state index contributed by atoms with van der Waals surface area (Å²) in [6.45, 7) is 3.83. The molecule has 1 spiro atoms. The van der Waals surface area contributed by atoms with E-state index in [1.54, 1.807) is 6.07 Å². The summed E-state index contributed by atoms with van der Waals surface area (Å²) in [4.78, 5) is 2.51. The van der Waals surface area contributed by atoms with E-state index in [9.17, 15) is 4.39 Å². The first-order valence-corrected chi connectivity index (χ1v) is 7.84. The third kappa shape index (κ3) is 2.08. The first-order chi connectivity index (χ1) is 9.76. The molecule has 2 nitrogen and oxygen atoms in total. The van der Waals surface area contributed by atoms with Crippen LogP contribution in [0.4, 0.5) is 4.39 Å². The van der Waals surface area contributed by atoms with Gasteiger partial charge in [-0.15, -0.1) is 0 Å². The van der Waals surface area contributed by atoms with E-state index in [0.29, 0.717) is 11.5 Å². The highest BCUT2D eigenvalue weighted by Crippen LogP contribution is 2.43. The van der Waals surface area contributed by atoms with Crippen LogP contribution in [0.1, 0.15) is 36.8 Å². The van der Waals surface area contributed by atoms with E-state index in [0.717, 1.165) is 38.3 Å². The van der Waals surface area contributed by atoms with E-state index in [2.05, 4.69) is 11.0 Å². The predicted molar refractivity (Wildman–Crippen MR) is 76.0 cm³/mol. The van der Waals surface area contributed by atoms with Crippen molar-refractivity contribution in [3.63, 3.8) is 0 Å². The van der Waals surface area contributed by atoms with Crippen molar-refractivity contribution in [3.05, 3.63) is 35.1 Å². The van der Waals surface area contributed by atoms with Crippen molar-refractivity contribution in [1.82, 2.24) is 4.90 Å². The molecule has 2 aliphatic heterocycles. The van der Waals surface area contributed by atoms with Crippen LogP contribution in [0.2, 0.25) is 0 Å². The highest BCUT2D eigenvalue weighted by molar-refractivity contribution is 5.30. The molecule has 1 aromatic rings. The van der Waals surface area contributed by atoms with Crippen LogP contribution in [0.25, 0.3) is 0 Å². The van der Waals surface area contributed by atoms with Gasteiger partial charge in [0.2, 0.25) is 0 Å². The topological polar surface area (TPSA) is 12.5 Å². The van der Waals surface area contributed by atoms with Gasteiger partial charge in [-0.3, -0.25) is 4.90 Å². The molecular weight excluding hydrogens is 253 g/mol. The summed E-state index contributed by atoms with van der Waals surface area (Å²) < 4.78 is 19.4. The molecule has 3 heteroatoms. The summed E-state index contributed by atoms with van der Waals surface area (Å²) in [5.74, 6) is -0.0214. The SMILES string of the molecule is Fc1cccc2c1CN(C1CCC3(CC1)COC3)CC2. The van der Waals surface area contributed by atoms with E-state index in [-0.39, 0.29) is 5.82 Å². The maximum absolute atomic E-state index is 14.0. The summed E-state index contributed by atoms with van der Waals surface area (Å²) in [5, 5.41) is 0. The van der Waals surface area contributed by atoms with Gasteiger partial charge in [0.1, 0.15) is 5.82 Å². The molecule has 0 bridgehead atoms. The maximum atomic E-state index is 14.0. The zero-order valence-electron chi connectivity index (χ0n) is 11.9. The van der Waals surface area contributed by atoms with Crippen molar-refractivity contribution >= 4 is 0 Å². The fourth-order valence-electron chi connectivity index (χ4n) is 4.13. The number of hydrogen-bond donors (Lipinski definition) is 0. The van der Waals surface area contributed by atoms with Gasteiger partial charge in [-0.1, -0.05) is 12.1 Å². The molecule has 0 N–H and O–H groups in total. The number of halogens is 1. The molecule has 0 atom stereocenters. The molecule has 3 aliphatic rings. The van der Waals surface area contributed by atoms with E-state index in [1.807, 2.05) is 6.07 Å². The second-order valence-electron chi connectivity index (χ2n) is 6.82. The van der Waals surface area contributed by atoms with Gasteiger partial charge >= 0.3 is 0 Å². The average molecular weight is 275 g/mol. The monoisotopic (exact) mass is 275 g/mol. The quantitative estimate of drug-likeness (QED) is 0.780. The van der Waals surface area contributed by atoms with Crippen molar-refractivity contribution in [2.75, 3.05) is 19.8 Å². The van der Waals surface area contributed by atoms with Crippen LogP contribution in [0, 0.1) is 11.2 Å². The Labute approximate surface area is 119 Å². The van der Waals surface area contributed by atoms with Gasteiger partial charge < -0.3 is 4.74 Å². The summed E-state index contributed by atoms with van der Waals surface area (Å²) in [6, 6.07) is 6.17. The third-order valence-electron chi connectivity index (χ3n) is 5.59. The highest BCUT2D eigenvalue weighted by Gasteiger charge is 2.42. The average Bonchev–Trinajstić information content (AvgIpc) is 2.46. The van der Waals surface area contributed by atoms with Gasteiger partial charge in [0, 0.05) is 30.1 Å². The van der Waals surface area contributed by atoms with E-state index >= 15 is 0 Å². The second-order valence-corrected chi connectivity index (χ2v) is 6.82. The smallest absolute Gasteiger partial charge is 0.127 e. The molecule has 1 aromatic carbocycles. The Balaban J connectivity index is 1.45. The molecule has 1 aliphatic carbocycles. The molecule has 0 aromatic heterocycles. The minimum atomic E-state index is -0.0214.